The van der Waals surface area contributed by atoms with E-state index in [1.807, 2.05) is 0 Å². The highest BCUT2D eigenvalue weighted by Gasteiger charge is 2.39. The van der Waals surface area contributed by atoms with Crippen molar-refractivity contribution in [2.24, 2.45) is 0 Å². The maximum atomic E-state index is 6.18. The molecule has 0 spiro atoms. The van der Waals surface area contributed by atoms with Crippen molar-refractivity contribution >= 4 is 8.32 Å². The van der Waals surface area contributed by atoms with Crippen molar-refractivity contribution in [2.45, 2.75) is 51.4 Å². The average Bonchev–Trinajstić information content (AvgIpc) is 2.35. The van der Waals surface area contributed by atoms with Crippen molar-refractivity contribution in [1.82, 2.24) is 0 Å². The first-order chi connectivity index (χ1) is 5.83. The summed E-state index contributed by atoms with van der Waals surface area (Å²) >= 11 is 0. The number of rotatable bonds is 2. The summed E-state index contributed by atoms with van der Waals surface area (Å²) in [5.74, 6) is 0. The summed E-state index contributed by atoms with van der Waals surface area (Å²) < 4.78 is 11.5. The van der Waals surface area contributed by atoms with E-state index in [2.05, 4.69) is 33.9 Å². The van der Waals surface area contributed by atoms with Crippen LogP contribution in [-0.2, 0) is 9.16 Å². The molecule has 1 atom stereocenters. The molecule has 1 saturated heterocycles. The first kappa shape index (κ1) is 11.2. The predicted molar refractivity (Wildman–Crippen MR) is 57.5 cm³/mol. The fraction of sp³-hybridized carbons (Fsp3) is 1.00. The molecular weight excluding hydrogens is 180 g/mol. The molecule has 0 saturated carbocycles. The number of hydrogen-bond acceptors (Lipinski definition) is 2. The molecule has 78 valence electrons. The highest BCUT2D eigenvalue weighted by molar-refractivity contribution is 6.74. The first-order valence-electron chi connectivity index (χ1n) is 5.08. The molecule has 1 heterocycles. The number of hydrogen-bond donors (Lipinski definition) is 0. The molecule has 0 aromatic rings. The Balaban J connectivity index is 2.50. The highest BCUT2D eigenvalue weighted by Crippen LogP contribution is 2.37. The molecule has 13 heavy (non-hydrogen) atoms. The zero-order valence-corrected chi connectivity index (χ0v) is 10.5. The summed E-state index contributed by atoms with van der Waals surface area (Å²) in [6.07, 6.45) is 1.44. The Morgan fingerprint density at radius 1 is 1.31 bits per heavy atom. The van der Waals surface area contributed by atoms with Crippen LogP contribution >= 0.6 is 0 Å². The lowest BCUT2D eigenvalue weighted by Crippen LogP contribution is -2.44. The Morgan fingerprint density at radius 2 is 1.92 bits per heavy atom. The van der Waals surface area contributed by atoms with Gasteiger partial charge in [-0.1, -0.05) is 20.8 Å². The van der Waals surface area contributed by atoms with Crippen LogP contribution in [0, 0.1) is 0 Å². The Hall–Kier alpha value is 0.137. The Kier molecular flexibility index (Phi) is 3.20. The standard InChI is InChI=1S/C10H22O2Si/c1-10(2,3)13(4,5)12-9-6-7-11-8-9/h9H,6-8H2,1-5H3/t9-/m1/s1. The Labute approximate surface area is 82.7 Å². The summed E-state index contributed by atoms with van der Waals surface area (Å²) in [5.41, 5.74) is 0. The summed E-state index contributed by atoms with van der Waals surface area (Å²) in [6, 6.07) is 0. The molecule has 0 bridgehead atoms. The third-order valence-corrected chi connectivity index (χ3v) is 7.69. The molecule has 1 aliphatic heterocycles. The van der Waals surface area contributed by atoms with Crippen molar-refractivity contribution in [3.05, 3.63) is 0 Å². The van der Waals surface area contributed by atoms with Gasteiger partial charge >= 0.3 is 0 Å². The fourth-order valence-electron chi connectivity index (χ4n) is 1.20. The predicted octanol–water partition coefficient (Wildman–Crippen LogP) is 2.80. The monoisotopic (exact) mass is 202 g/mol. The van der Waals surface area contributed by atoms with Gasteiger partial charge in [-0.05, 0) is 24.6 Å². The van der Waals surface area contributed by atoms with Gasteiger partial charge in [-0.2, -0.15) is 0 Å². The van der Waals surface area contributed by atoms with E-state index in [1.165, 1.54) is 0 Å². The van der Waals surface area contributed by atoms with E-state index in [0.717, 1.165) is 19.6 Å². The van der Waals surface area contributed by atoms with Gasteiger partial charge in [-0.3, -0.25) is 0 Å². The van der Waals surface area contributed by atoms with Gasteiger partial charge in [-0.15, -0.1) is 0 Å². The molecule has 1 rings (SSSR count). The van der Waals surface area contributed by atoms with E-state index in [0.29, 0.717) is 11.1 Å². The largest absolute Gasteiger partial charge is 0.412 e. The van der Waals surface area contributed by atoms with Gasteiger partial charge in [0.2, 0.25) is 0 Å². The lowest BCUT2D eigenvalue weighted by atomic mass is 10.2. The van der Waals surface area contributed by atoms with Crippen LogP contribution in [0.4, 0.5) is 0 Å². The number of ether oxygens (including phenoxy) is 1. The second-order valence-corrected chi connectivity index (χ2v) is 10.1. The lowest BCUT2D eigenvalue weighted by molar-refractivity contribution is 0.132. The molecule has 1 aliphatic rings. The smallest absolute Gasteiger partial charge is 0.192 e. The van der Waals surface area contributed by atoms with E-state index in [4.69, 9.17) is 9.16 Å². The van der Waals surface area contributed by atoms with Crippen LogP contribution in [0.5, 0.6) is 0 Å². The zero-order valence-electron chi connectivity index (χ0n) is 9.52. The minimum Gasteiger partial charge on any atom is -0.412 e. The van der Waals surface area contributed by atoms with Crippen LogP contribution in [0.15, 0.2) is 0 Å². The van der Waals surface area contributed by atoms with E-state index < -0.39 is 8.32 Å². The maximum absolute atomic E-state index is 6.18. The third-order valence-electron chi connectivity index (χ3n) is 3.16. The van der Waals surface area contributed by atoms with E-state index in [-0.39, 0.29) is 0 Å². The van der Waals surface area contributed by atoms with Crippen molar-refractivity contribution in [1.29, 1.82) is 0 Å². The van der Waals surface area contributed by atoms with Crippen LogP contribution < -0.4 is 0 Å². The van der Waals surface area contributed by atoms with E-state index in [1.54, 1.807) is 0 Å². The molecule has 0 aliphatic carbocycles. The van der Waals surface area contributed by atoms with E-state index >= 15 is 0 Å². The zero-order chi connectivity index (χ0) is 10.1. The summed E-state index contributed by atoms with van der Waals surface area (Å²) in [6.45, 7) is 13.1. The molecule has 0 amide bonds. The van der Waals surface area contributed by atoms with Gasteiger partial charge in [0.25, 0.3) is 0 Å². The maximum Gasteiger partial charge on any atom is 0.192 e. The van der Waals surface area contributed by atoms with Crippen LogP contribution in [-0.4, -0.2) is 27.6 Å². The fourth-order valence-corrected chi connectivity index (χ4v) is 2.57. The molecule has 1 fully saturated rings. The van der Waals surface area contributed by atoms with Crippen LogP contribution in [0.3, 0.4) is 0 Å². The molecule has 0 unspecified atom stereocenters. The van der Waals surface area contributed by atoms with Crippen molar-refractivity contribution in [2.75, 3.05) is 13.2 Å². The molecule has 0 aromatic heterocycles. The molecule has 0 aromatic carbocycles. The average molecular weight is 202 g/mol. The van der Waals surface area contributed by atoms with Gasteiger partial charge in [0.15, 0.2) is 8.32 Å². The van der Waals surface area contributed by atoms with Gasteiger partial charge in [0.1, 0.15) is 0 Å². The van der Waals surface area contributed by atoms with Gasteiger partial charge < -0.3 is 9.16 Å². The van der Waals surface area contributed by atoms with Crippen LogP contribution in [0.1, 0.15) is 27.2 Å². The molecule has 0 N–H and O–H groups in total. The Bertz CT molecular complexity index is 166. The SMILES string of the molecule is CC(C)(C)[Si](C)(C)O[C@@H]1CCOC1. The Morgan fingerprint density at radius 3 is 2.31 bits per heavy atom. The van der Waals surface area contributed by atoms with Crippen LogP contribution in [0.25, 0.3) is 0 Å². The second kappa shape index (κ2) is 3.71. The lowest BCUT2D eigenvalue weighted by Gasteiger charge is -2.38. The summed E-state index contributed by atoms with van der Waals surface area (Å²) in [5, 5.41) is 0.315. The van der Waals surface area contributed by atoms with Crippen LogP contribution in [0.2, 0.25) is 18.1 Å². The minimum absolute atomic E-state index is 0.315. The minimum atomic E-state index is -1.55. The molecule has 0 radical (unpaired) electrons. The third kappa shape index (κ3) is 2.79. The highest BCUT2D eigenvalue weighted by atomic mass is 28.4. The molecular formula is C10H22O2Si. The summed E-state index contributed by atoms with van der Waals surface area (Å²) in [4.78, 5) is 0. The second-order valence-electron chi connectivity index (χ2n) is 5.36. The van der Waals surface area contributed by atoms with Crippen molar-refractivity contribution in [3.63, 3.8) is 0 Å². The normalized spacial score (nSPS) is 25.2. The molecule has 3 heteroatoms. The topological polar surface area (TPSA) is 18.5 Å². The van der Waals surface area contributed by atoms with E-state index in [9.17, 15) is 0 Å². The summed E-state index contributed by atoms with van der Waals surface area (Å²) in [7, 11) is -1.55. The van der Waals surface area contributed by atoms with Gasteiger partial charge in [0.05, 0.1) is 12.7 Å². The van der Waals surface area contributed by atoms with Gasteiger partial charge in [-0.25, -0.2) is 0 Å². The van der Waals surface area contributed by atoms with Crippen molar-refractivity contribution < 1.29 is 9.16 Å². The van der Waals surface area contributed by atoms with Crippen molar-refractivity contribution in [3.8, 4) is 0 Å². The first-order valence-corrected chi connectivity index (χ1v) is 7.99. The quantitative estimate of drug-likeness (QED) is 0.641. The molecule has 2 nitrogen and oxygen atoms in total. The van der Waals surface area contributed by atoms with Gasteiger partial charge in [0, 0.05) is 6.61 Å².